The molecule has 0 fully saturated rings. The van der Waals surface area contributed by atoms with E-state index >= 15 is 0 Å². The van der Waals surface area contributed by atoms with Gasteiger partial charge in [0.1, 0.15) is 5.58 Å². The van der Waals surface area contributed by atoms with E-state index in [0.29, 0.717) is 17.7 Å². The summed E-state index contributed by atoms with van der Waals surface area (Å²) in [5.74, 6) is 0. The first-order valence-corrected chi connectivity index (χ1v) is 8.52. The van der Waals surface area contributed by atoms with Crippen molar-refractivity contribution >= 4 is 39.3 Å². The Labute approximate surface area is 142 Å². The Bertz CT molecular complexity index is 1100. The van der Waals surface area contributed by atoms with Crippen LogP contribution in [-0.4, -0.2) is 5.17 Å². The summed E-state index contributed by atoms with van der Waals surface area (Å²) in [4.78, 5) is 19.2. The van der Waals surface area contributed by atoms with Gasteiger partial charge in [-0.2, -0.15) is 0 Å². The Morgan fingerprint density at radius 2 is 1.92 bits per heavy atom. The lowest BCUT2D eigenvalue weighted by Crippen LogP contribution is -2.28. The third-order valence-electron chi connectivity index (χ3n) is 4.24. The van der Waals surface area contributed by atoms with Gasteiger partial charge in [0.25, 0.3) is 0 Å². The molecule has 0 atom stereocenters. The van der Waals surface area contributed by atoms with Gasteiger partial charge in [-0.3, -0.25) is 9.89 Å². The van der Waals surface area contributed by atoms with Gasteiger partial charge < -0.3 is 4.42 Å². The van der Waals surface area contributed by atoms with Gasteiger partial charge in [0.2, 0.25) is 0 Å². The predicted molar refractivity (Wildman–Crippen MR) is 98.1 cm³/mol. The lowest BCUT2D eigenvalue weighted by Gasteiger charge is -2.27. The molecule has 0 saturated heterocycles. The minimum Gasteiger partial charge on any atom is -0.422 e. The number of aliphatic imine (C=N–C) groups is 1. The molecule has 2 aliphatic heterocycles. The van der Waals surface area contributed by atoms with Crippen molar-refractivity contribution in [1.82, 2.24) is 0 Å². The van der Waals surface area contributed by atoms with E-state index in [9.17, 15) is 4.79 Å². The number of thioether (sulfide) groups is 1. The second-order valence-electron chi connectivity index (χ2n) is 5.67. The zero-order valence-electron chi connectivity index (χ0n) is 12.6. The Morgan fingerprint density at radius 1 is 1.08 bits per heavy atom. The molecule has 0 N–H and O–H groups in total. The summed E-state index contributed by atoms with van der Waals surface area (Å²) in [5.41, 5.74) is 3.88. The van der Waals surface area contributed by atoms with Gasteiger partial charge in [0.15, 0.2) is 5.17 Å². The van der Waals surface area contributed by atoms with Crippen LogP contribution in [0, 0.1) is 0 Å². The Kier molecular flexibility index (Phi) is 2.90. The van der Waals surface area contributed by atoms with Crippen LogP contribution in [0.3, 0.4) is 0 Å². The summed E-state index contributed by atoms with van der Waals surface area (Å²) in [6.07, 6.45) is 0. The molecule has 0 spiro atoms. The predicted octanol–water partition coefficient (Wildman–Crippen LogP) is 4.21. The molecule has 0 radical (unpaired) electrons. The number of para-hydroxylation sites is 2. The first kappa shape index (κ1) is 13.6. The van der Waals surface area contributed by atoms with Gasteiger partial charge in [-0.05, 0) is 23.8 Å². The fourth-order valence-corrected chi connectivity index (χ4v) is 3.99. The maximum Gasteiger partial charge on any atom is 0.345 e. The molecule has 116 valence electrons. The van der Waals surface area contributed by atoms with Crippen molar-refractivity contribution in [2.24, 2.45) is 4.99 Å². The average molecular weight is 332 g/mol. The van der Waals surface area contributed by atoms with E-state index in [1.807, 2.05) is 46.7 Å². The third-order valence-corrected chi connectivity index (χ3v) is 5.11. The van der Waals surface area contributed by atoms with Crippen molar-refractivity contribution in [3.63, 3.8) is 0 Å². The lowest BCUT2D eigenvalue weighted by atomic mass is 10.1. The highest BCUT2D eigenvalue weighted by Gasteiger charge is 2.31. The monoisotopic (exact) mass is 332 g/mol. The van der Waals surface area contributed by atoms with E-state index in [-0.39, 0.29) is 5.63 Å². The molecule has 3 aromatic rings. The van der Waals surface area contributed by atoms with E-state index < -0.39 is 0 Å². The molecule has 2 aromatic carbocycles. The number of benzene rings is 2. The molecule has 0 aliphatic carbocycles. The maximum atomic E-state index is 12.5. The summed E-state index contributed by atoms with van der Waals surface area (Å²) < 4.78 is 5.50. The smallest absolute Gasteiger partial charge is 0.345 e. The molecule has 0 unspecified atom stereocenters. The standard InChI is InChI=1S/C19H12N2O2S/c22-18-14(9-12-5-2-4-8-17(12)23-18)16-11-24-19-20-10-13-6-1-3-7-15(13)21(16)19/h1-9,11H,10H2. The van der Waals surface area contributed by atoms with E-state index in [2.05, 4.69) is 17.1 Å². The van der Waals surface area contributed by atoms with Crippen LogP contribution in [0.2, 0.25) is 0 Å². The van der Waals surface area contributed by atoms with E-state index in [0.717, 1.165) is 27.5 Å². The highest BCUT2D eigenvalue weighted by Crippen LogP contribution is 2.41. The van der Waals surface area contributed by atoms with Crippen molar-refractivity contribution in [3.05, 3.63) is 81.6 Å². The molecular formula is C19H12N2O2S. The maximum absolute atomic E-state index is 12.5. The fraction of sp³-hybridized carbons (Fsp3) is 0.0526. The normalized spacial score (nSPS) is 15.8. The number of fused-ring (bicyclic) bond motifs is 4. The number of anilines is 1. The van der Waals surface area contributed by atoms with Gasteiger partial charge in [-0.25, -0.2) is 4.79 Å². The van der Waals surface area contributed by atoms with Crippen molar-refractivity contribution < 1.29 is 4.42 Å². The number of amidine groups is 1. The van der Waals surface area contributed by atoms with Crippen LogP contribution >= 0.6 is 11.8 Å². The zero-order valence-corrected chi connectivity index (χ0v) is 13.4. The Morgan fingerprint density at radius 3 is 2.88 bits per heavy atom. The first-order valence-electron chi connectivity index (χ1n) is 7.64. The molecule has 4 nitrogen and oxygen atoms in total. The SMILES string of the molecule is O=c1oc2ccccc2cc1C1=CSC2=NCc3ccccc3N12. The molecule has 1 aromatic heterocycles. The zero-order chi connectivity index (χ0) is 16.1. The fourth-order valence-electron chi connectivity index (χ4n) is 3.10. The van der Waals surface area contributed by atoms with E-state index in [1.54, 1.807) is 17.8 Å². The van der Waals surface area contributed by atoms with Gasteiger partial charge in [-0.15, -0.1) is 0 Å². The molecule has 0 amide bonds. The third kappa shape index (κ3) is 1.95. The van der Waals surface area contributed by atoms with E-state index in [4.69, 9.17) is 4.42 Å². The molecule has 0 bridgehead atoms. The van der Waals surface area contributed by atoms with Gasteiger partial charge >= 0.3 is 5.63 Å². The summed E-state index contributed by atoms with van der Waals surface area (Å²) >= 11 is 1.54. The molecule has 2 aliphatic rings. The molecular weight excluding hydrogens is 320 g/mol. The molecule has 24 heavy (non-hydrogen) atoms. The summed E-state index contributed by atoms with van der Waals surface area (Å²) in [6.45, 7) is 0.669. The summed E-state index contributed by atoms with van der Waals surface area (Å²) in [5, 5.41) is 3.78. The molecule has 5 rings (SSSR count). The quantitative estimate of drug-likeness (QED) is 0.626. The second-order valence-corrected chi connectivity index (χ2v) is 6.51. The van der Waals surface area contributed by atoms with Crippen LogP contribution in [0.25, 0.3) is 16.7 Å². The van der Waals surface area contributed by atoms with Crippen LogP contribution in [0.5, 0.6) is 0 Å². The van der Waals surface area contributed by atoms with Crippen LogP contribution in [0.1, 0.15) is 11.1 Å². The average Bonchev–Trinajstić information content (AvgIpc) is 3.05. The van der Waals surface area contributed by atoms with Gasteiger partial charge in [0.05, 0.1) is 23.5 Å². The number of nitrogens with zero attached hydrogens (tertiary/aromatic N) is 2. The van der Waals surface area contributed by atoms with Gasteiger partial charge in [0, 0.05) is 10.8 Å². The van der Waals surface area contributed by atoms with Crippen LogP contribution in [0.4, 0.5) is 5.69 Å². The topological polar surface area (TPSA) is 45.8 Å². The number of hydrogen-bond acceptors (Lipinski definition) is 5. The molecule has 0 saturated carbocycles. The number of rotatable bonds is 1. The van der Waals surface area contributed by atoms with Crippen molar-refractivity contribution in [3.8, 4) is 0 Å². The van der Waals surface area contributed by atoms with Crippen LogP contribution < -0.4 is 10.5 Å². The number of hydrogen-bond donors (Lipinski definition) is 0. The van der Waals surface area contributed by atoms with Crippen molar-refractivity contribution in [2.45, 2.75) is 6.54 Å². The summed E-state index contributed by atoms with van der Waals surface area (Å²) in [6, 6.07) is 17.6. The largest absolute Gasteiger partial charge is 0.422 e. The minimum atomic E-state index is -0.329. The van der Waals surface area contributed by atoms with Crippen LogP contribution in [-0.2, 0) is 6.54 Å². The molecule has 3 heterocycles. The van der Waals surface area contributed by atoms with Crippen LogP contribution in [0.15, 0.2) is 74.2 Å². The molecule has 5 heteroatoms. The second kappa shape index (κ2) is 5.11. The van der Waals surface area contributed by atoms with Crippen molar-refractivity contribution in [2.75, 3.05) is 4.90 Å². The summed E-state index contributed by atoms with van der Waals surface area (Å²) in [7, 11) is 0. The van der Waals surface area contributed by atoms with Crippen molar-refractivity contribution in [1.29, 1.82) is 0 Å². The lowest BCUT2D eigenvalue weighted by molar-refractivity contribution is 0.558. The highest BCUT2D eigenvalue weighted by molar-refractivity contribution is 8.17. The minimum absolute atomic E-state index is 0.329. The van der Waals surface area contributed by atoms with Gasteiger partial charge in [-0.1, -0.05) is 48.2 Å². The Balaban J connectivity index is 1.71. The highest BCUT2D eigenvalue weighted by atomic mass is 32.2. The Hall–Kier alpha value is -2.79. The van der Waals surface area contributed by atoms with E-state index in [1.165, 1.54) is 0 Å². The first-order chi connectivity index (χ1) is 11.8.